The molecule has 3 nitrogen and oxygen atoms in total. The van der Waals surface area contributed by atoms with Gasteiger partial charge < -0.3 is 9.84 Å². The summed E-state index contributed by atoms with van der Waals surface area (Å²) in [5, 5.41) is 8.88. The highest BCUT2D eigenvalue weighted by atomic mass is 127. The molecule has 0 heterocycles. The van der Waals surface area contributed by atoms with Crippen LogP contribution in [-0.4, -0.2) is 17.7 Å². The highest BCUT2D eigenvalue weighted by Crippen LogP contribution is 2.22. The minimum atomic E-state index is -0.919. The normalized spacial score (nSPS) is 10.2. The molecule has 0 aliphatic carbocycles. The fraction of sp³-hybridized carbons (Fsp3) is 0.462. The highest BCUT2D eigenvalue weighted by molar-refractivity contribution is 14.1. The lowest BCUT2D eigenvalue weighted by molar-refractivity contribution is 0.0696. The number of unbranched alkanes of at least 4 members (excludes halogenated alkanes) is 3. The average molecular weight is 348 g/mol. The Hall–Kier alpha value is -0.780. The summed E-state index contributed by atoms with van der Waals surface area (Å²) in [6, 6.07) is 4.95. The molecular weight excluding hydrogens is 331 g/mol. The van der Waals surface area contributed by atoms with E-state index in [2.05, 4.69) is 29.5 Å². The number of ether oxygens (including phenoxy) is 1. The maximum Gasteiger partial charge on any atom is 0.335 e. The summed E-state index contributed by atoms with van der Waals surface area (Å²) in [4.78, 5) is 10.8. The molecule has 4 heteroatoms. The number of carboxylic acids is 1. The molecule has 1 rings (SSSR count). The Morgan fingerprint density at radius 3 is 2.76 bits per heavy atom. The molecule has 0 atom stereocenters. The van der Waals surface area contributed by atoms with Gasteiger partial charge in [-0.3, -0.25) is 0 Å². The molecule has 94 valence electrons. The fourth-order valence-corrected chi connectivity index (χ4v) is 1.95. The lowest BCUT2D eigenvalue weighted by Crippen LogP contribution is -2.02. The summed E-state index contributed by atoms with van der Waals surface area (Å²) in [7, 11) is 0. The van der Waals surface area contributed by atoms with Crippen molar-refractivity contribution in [2.75, 3.05) is 6.61 Å². The topological polar surface area (TPSA) is 46.5 Å². The third kappa shape index (κ3) is 4.93. The highest BCUT2D eigenvalue weighted by Gasteiger charge is 2.07. The number of carbonyl (C=O) groups is 1. The second-order valence-corrected chi connectivity index (χ2v) is 5.02. The molecule has 0 aliphatic heterocycles. The van der Waals surface area contributed by atoms with Gasteiger partial charge in [-0.15, -0.1) is 0 Å². The van der Waals surface area contributed by atoms with Gasteiger partial charge in [0, 0.05) is 0 Å². The number of hydrogen-bond acceptors (Lipinski definition) is 2. The summed E-state index contributed by atoms with van der Waals surface area (Å²) in [5.41, 5.74) is 0.272. The number of halogens is 1. The predicted octanol–water partition coefficient (Wildman–Crippen LogP) is 3.95. The molecule has 0 spiro atoms. The van der Waals surface area contributed by atoms with Crippen LogP contribution >= 0.6 is 22.6 Å². The van der Waals surface area contributed by atoms with E-state index in [-0.39, 0.29) is 5.56 Å². The van der Waals surface area contributed by atoms with Crippen LogP contribution < -0.4 is 4.74 Å². The van der Waals surface area contributed by atoms with Crippen molar-refractivity contribution in [3.8, 4) is 5.75 Å². The molecule has 1 N–H and O–H groups in total. The van der Waals surface area contributed by atoms with Gasteiger partial charge in [0.15, 0.2) is 0 Å². The predicted molar refractivity (Wildman–Crippen MR) is 75.8 cm³/mol. The van der Waals surface area contributed by atoms with Gasteiger partial charge in [0.05, 0.1) is 15.7 Å². The largest absolute Gasteiger partial charge is 0.492 e. The zero-order valence-corrected chi connectivity index (χ0v) is 12.1. The summed E-state index contributed by atoms with van der Waals surface area (Å²) < 4.78 is 6.55. The van der Waals surface area contributed by atoms with E-state index in [1.807, 2.05) is 0 Å². The fourth-order valence-electron chi connectivity index (χ4n) is 1.46. The Labute approximate surface area is 115 Å². The van der Waals surface area contributed by atoms with Crippen molar-refractivity contribution >= 4 is 28.6 Å². The number of benzene rings is 1. The quantitative estimate of drug-likeness (QED) is 0.600. The molecule has 0 fully saturated rings. The van der Waals surface area contributed by atoms with Crippen LogP contribution in [0.2, 0.25) is 0 Å². The van der Waals surface area contributed by atoms with Crippen LogP contribution in [0, 0.1) is 3.57 Å². The van der Waals surface area contributed by atoms with Gasteiger partial charge in [0.25, 0.3) is 0 Å². The Balaban J connectivity index is 2.51. The van der Waals surface area contributed by atoms with Crippen LogP contribution in [0.4, 0.5) is 0 Å². The third-order valence-corrected chi connectivity index (χ3v) is 3.32. The molecule has 0 bridgehead atoms. The van der Waals surface area contributed by atoms with Crippen molar-refractivity contribution in [3.05, 3.63) is 27.3 Å². The first kappa shape index (κ1) is 14.3. The van der Waals surface area contributed by atoms with Gasteiger partial charge in [-0.1, -0.05) is 26.2 Å². The molecule has 1 aromatic rings. The number of rotatable bonds is 7. The zero-order chi connectivity index (χ0) is 12.7. The summed E-state index contributed by atoms with van der Waals surface area (Å²) in [5.74, 6) is -0.251. The Morgan fingerprint density at radius 2 is 2.12 bits per heavy atom. The van der Waals surface area contributed by atoms with E-state index >= 15 is 0 Å². The first-order valence-corrected chi connectivity index (χ1v) is 6.88. The number of hydrogen-bond donors (Lipinski definition) is 1. The van der Waals surface area contributed by atoms with Crippen LogP contribution in [0.25, 0.3) is 0 Å². The van der Waals surface area contributed by atoms with Crippen molar-refractivity contribution in [3.63, 3.8) is 0 Å². The minimum absolute atomic E-state index is 0.272. The van der Waals surface area contributed by atoms with E-state index in [1.165, 1.54) is 12.8 Å². The molecule has 1 aromatic carbocycles. The van der Waals surface area contributed by atoms with E-state index in [4.69, 9.17) is 9.84 Å². The van der Waals surface area contributed by atoms with Gasteiger partial charge in [-0.05, 0) is 47.2 Å². The van der Waals surface area contributed by atoms with Crippen molar-refractivity contribution in [2.45, 2.75) is 32.6 Å². The molecule has 0 aromatic heterocycles. The molecule has 0 aliphatic rings. The Morgan fingerprint density at radius 1 is 1.35 bits per heavy atom. The van der Waals surface area contributed by atoms with E-state index in [1.54, 1.807) is 18.2 Å². The molecule has 17 heavy (non-hydrogen) atoms. The van der Waals surface area contributed by atoms with Crippen molar-refractivity contribution in [1.82, 2.24) is 0 Å². The van der Waals surface area contributed by atoms with E-state index in [0.717, 1.165) is 16.4 Å². The van der Waals surface area contributed by atoms with Crippen molar-refractivity contribution in [1.29, 1.82) is 0 Å². The molecule has 0 saturated heterocycles. The first-order valence-electron chi connectivity index (χ1n) is 5.80. The Kier molecular flexibility index (Phi) is 6.32. The van der Waals surface area contributed by atoms with Gasteiger partial charge in [0.2, 0.25) is 0 Å². The summed E-state index contributed by atoms with van der Waals surface area (Å²) in [6.07, 6.45) is 4.59. The van der Waals surface area contributed by atoms with Crippen LogP contribution in [0.5, 0.6) is 5.75 Å². The number of aromatic carboxylic acids is 1. The van der Waals surface area contributed by atoms with Gasteiger partial charge in [-0.2, -0.15) is 0 Å². The maximum absolute atomic E-state index is 10.8. The lowest BCUT2D eigenvalue weighted by atomic mass is 10.2. The smallest absolute Gasteiger partial charge is 0.335 e. The van der Waals surface area contributed by atoms with E-state index < -0.39 is 5.97 Å². The van der Waals surface area contributed by atoms with Crippen LogP contribution in [0.15, 0.2) is 18.2 Å². The molecule has 0 radical (unpaired) electrons. The van der Waals surface area contributed by atoms with E-state index in [9.17, 15) is 4.79 Å². The molecule has 0 saturated carbocycles. The SMILES string of the molecule is CCCCCCOc1cc(C(=O)O)ccc1I. The third-order valence-electron chi connectivity index (χ3n) is 2.43. The van der Waals surface area contributed by atoms with Crippen LogP contribution in [0.3, 0.4) is 0 Å². The van der Waals surface area contributed by atoms with E-state index in [0.29, 0.717) is 12.4 Å². The standard InChI is InChI=1S/C13H17IO3/c1-2-3-4-5-8-17-12-9-10(13(15)16)6-7-11(12)14/h6-7,9H,2-5,8H2,1H3,(H,15,16). The maximum atomic E-state index is 10.8. The summed E-state index contributed by atoms with van der Waals surface area (Å²) >= 11 is 2.15. The van der Waals surface area contributed by atoms with Crippen LogP contribution in [-0.2, 0) is 0 Å². The number of carboxylic acid groups (broad SMARTS) is 1. The van der Waals surface area contributed by atoms with Crippen molar-refractivity contribution in [2.24, 2.45) is 0 Å². The molecule has 0 unspecified atom stereocenters. The van der Waals surface area contributed by atoms with Gasteiger partial charge >= 0.3 is 5.97 Å². The molecule has 0 amide bonds. The van der Waals surface area contributed by atoms with Gasteiger partial charge in [0.1, 0.15) is 5.75 Å². The Bertz CT molecular complexity index is 377. The minimum Gasteiger partial charge on any atom is -0.492 e. The second kappa shape index (κ2) is 7.53. The lowest BCUT2D eigenvalue weighted by Gasteiger charge is -2.08. The van der Waals surface area contributed by atoms with Crippen molar-refractivity contribution < 1.29 is 14.6 Å². The first-order chi connectivity index (χ1) is 8.15. The van der Waals surface area contributed by atoms with Crippen LogP contribution in [0.1, 0.15) is 43.0 Å². The summed E-state index contributed by atoms with van der Waals surface area (Å²) in [6.45, 7) is 2.82. The monoisotopic (exact) mass is 348 g/mol. The van der Waals surface area contributed by atoms with Gasteiger partial charge in [-0.25, -0.2) is 4.79 Å². The second-order valence-electron chi connectivity index (χ2n) is 3.86. The zero-order valence-electron chi connectivity index (χ0n) is 9.91. The molecular formula is C13H17IO3. The average Bonchev–Trinajstić information content (AvgIpc) is 2.30.